The van der Waals surface area contributed by atoms with E-state index in [-0.39, 0.29) is 6.10 Å². The van der Waals surface area contributed by atoms with E-state index in [2.05, 4.69) is 5.32 Å². The van der Waals surface area contributed by atoms with Crippen molar-refractivity contribution < 1.29 is 47.2 Å². The molecule has 3 rings (SSSR count). The zero-order valence-electron chi connectivity index (χ0n) is 19.7. The second-order valence-electron chi connectivity index (χ2n) is 7.75. The van der Waals surface area contributed by atoms with Gasteiger partial charge in [0.15, 0.2) is 17.6 Å². The molecule has 0 spiro atoms. The Hall–Kier alpha value is -3.77. The van der Waals surface area contributed by atoms with E-state index in [1.54, 1.807) is 30.5 Å². The number of carboxylic acid groups (broad SMARTS) is 2. The molecular formula is C24H27F3N2O7. The van der Waals surface area contributed by atoms with Crippen molar-refractivity contribution in [2.45, 2.75) is 45.0 Å². The third kappa shape index (κ3) is 7.36. The average Bonchev–Trinajstić information content (AvgIpc) is 2.79. The standard InChI is InChI=1S/C22H26N2O5.C2HF3O2/c1-4-27-19-13-16(9-10-18(19)28-14(2)3)20(21(25)26)29-22(23)17-8-6-5-7-15(17)11-12-24-22;3-2(4,5)1(6)7/h5-14,20,24H,4,23H2,1-3H3,(H,25,26);(H,6,7). The van der Waals surface area contributed by atoms with Crippen LogP contribution in [-0.2, 0) is 20.2 Å². The summed E-state index contributed by atoms with van der Waals surface area (Å²) in [5, 5.41) is 19.9. The molecule has 0 amide bonds. The molecule has 2 atom stereocenters. The number of hydrogen-bond acceptors (Lipinski definition) is 7. The Bertz CT molecular complexity index is 1110. The first-order valence-corrected chi connectivity index (χ1v) is 10.7. The van der Waals surface area contributed by atoms with E-state index < -0.39 is 30.1 Å². The highest BCUT2D eigenvalue weighted by Crippen LogP contribution is 2.36. The Morgan fingerprint density at radius 2 is 1.75 bits per heavy atom. The summed E-state index contributed by atoms with van der Waals surface area (Å²) in [5.74, 6) is -4.42. The molecule has 1 aliphatic rings. The zero-order valence-corrected chi connectivity index (χ0v) is 19.7. The molecule has 196 valence electrons. The SMILES string of the molecule is CCOc1cc(C(OC2(N)NC=Cc3ccccc32)C(=O)O)ccc1OC(C)C.O=C(O)C(F)(F)F. The third-order valence-electron chi connectivity index (χ3n) is 4.63. The van der Waals surface area contributed by atoms with E-state index in [9.17, 15) is 23.1 Å². The number of carboxylic acids is 2. The minimum absolute atomic E-state index is 0.0476. The highest BCUT2D eigenvalue weighted by atomic mass is 19.4. The molecule has 0 bridgehead atoms. The third-order valence-corrected chi connectivity index (χ3v) is 4.63. The number of carbonyl (C=O) groups is 2. The molecule has 0 aromatic heterocycles. The number of ether oxygens (including phenoxy) is 3. The van der Waals surface area contributed by atoms with Gasteiger partial charge in [0.1, 0.15) is 0 Å². The molecule has 0 saturated heterocycles. The number of alkyl halides is 3. The summed E-state index contributed by atoms with van der Waals surface area (Å²) in [6.07, 6.45) is -2.95. The number of aliphatic carboxylic acids is 2. The maximum atomic E-state index is 12.1. The van der Waals surface area contributed by atoms with Crippen LogP contribution in [0.15, 0.2) is 48.7 Å². The van der Waals surface area contributed by atoms with E-state index >= 15 is 0 Å². The first-order chi connectivity index (χ1) is 16.8. The molecule has 0 fully saturated rings. The monoisotopic (exact) mass is 512 g/mol. The average molecular weight is 512 g/mol. The number of halogens is 3. The summed E-state index contributed by atoms with van der Waals surface area (Å²) in [4.78, 5) is 21.0. The van der Waals surface area contributed by atoms with Gasteiger partial charge in [-0.15, -0.1) is 0 Å². The minimum Gasteiger partial charge on any atom is -0.490 e. The van der Waals surface area contributed by atoms with Crippen molar-refractivity contribution in [3.05, 3.63) is 65.4 Å². The van der Waals surface area contributed by atoms with Crippen LogP contribution in [0, 0.1) is 0 Å². The maximum absolute atomic E-state index is 12.1. The van der Waals surface area contributed by atoms with Gasteiger partial charge in [0.05, 0.1) is 12.7 Å². The number of nitrogens with one attached hydrogen (secondary N) is 1. The van der Waals surface area contributed by atoms with Gasteiger partial charge in [-0.3, -0.25) is 5.73 Å². The van der Waals surface area contributed by atoms with Crippen LogP contribution in [0.4, 0.5) is 13.2 Å². The molecule has 0 radical (unpaired) electrons. The Balaban J connectivity index is 0.000000572. The molecule has 1 heterocycles. The van der Waals surface area contributed by atoms with Gasteiger partial charge in [-0.2, -0.15) is 13.2 Å². The highest BCUT2D eigenvalue weighted by Gasteiger charge is 2.39. The molecule has 2 aromatic rings. The zero-order chi connectivity index (χ0) is 27.1. The lowest BCUT2D eigenvalue weighted by molar-refractivity contribution is -0.192. The Morgan fingerprint density at radius 3 is 2.31 bits per heavy atom. The molecule has 5 N–H and O–H groups in total. The van der Waals surface area contributed by atoms with Gasteiger partial charge in [0, 0.05) is 11.8 Å². The fourth-order valence-corrected chi connectivity index (χ4v) is 3.17. The predicted octanol–water partition coefficient (Wildman–Crippen LogP) is 3.99. The summed E-state index contributed by atoms with van der Waals surface area (Å²) in [7, 11) is 0. The van der Waals surface area contributed by atoms with Crippen LogP contribution < -0.4 is 20.5 Å². The van der Waals surface area contributed by atoms with Crippen molar-refractivity contribution in [1.29, 1.82) is 0 Å². The number of nitrogens with two attached hydrogens (primary N) is 1. The first kappa shape index (κ1) is 28.5. The molecule has 9 nitrogen and oxygen atoms in total. The summed E-state index contributed by atoms with van der Waals surface area (Å²) >= 11 is 0. The number of fused-ring (bicyclic) bond motifs is 1. The van der Waals surface area contributed by atoms with Crippen LogP contribution in [0.25, 0.3) is 6.08 Å². The quantitative estimate of drug-likeness (QED) is 0.387. The highest BCUT2D eigenvalue weighted by molar-refractivity contribution is 5.75. The summed E-state index contributed by atoms with van der Waals surface area (Å²) < 4.78 is 49.1. The van der Waals surface area contributed by atoms with E-state index in [0.29, 0.717) is 29.2 Å². The normalized spacial score (nSPS) is 17.2. The van der Waals surface area contributed by atoms with Crippen LogP contribution in [0.3, 0.4) is 0 Å². The molecule has 0 saturated carbocycles. The summed E-state index contributed by atoms with van der Waals surface area (Å²) in [5.41, 5.74) is 8.34. The van der Waals surface area contributed by atoms with Crippen LogP contribution in [0.2, 0.25) is 0 Å². The number of hydrogen-bond donors (Lipinski definition) is 4. The summed E-state index contributed by atoms with van der Waals surface area (Å²) in [6, 6.07) is 12.3. The van der Waals surface area contributed by atoms with Crippen LogP contribution in [-0.4, -0.2) is 41.0 Å². The Labute approximate surface area is 205 Å². The first-order valence-electron chi connectivity index (χ1n) is 10.7. The van der Waals surface area contributed by atoms with Crippen LogP contribution >= 0.6 is 0 Å². The van der Waals surface area contributed by atoms with Gasteiger partial charge in [0.2, 0.25) is 5.85 Å². The molecule has 36 heavy (non-hydrogen) atoms. The van der Waals surface area contributed by atoms with Crippen LogP contribution in [0.5, 0.6) is 11.5 Å². The van der Waals surface area contributed by atoms with E-state index in [1.807, 2.05) is 45.0 Å². The van der Waals surface area contributed by atoms with Crippen molar-refractivity contribution in [2.75, 3.05) is 6.61 Å². The van der Waals surface area contributed by atoms with Gasteiger partial charge in [0.25, 0.3) is 0 Å². The van der Waals surface area contributed by atoms with Gasteiger partial charge in [-0.1, -0.05) is 30.3 Å². The van der Waals surface area contributed by atoms with E-state index in [0.717, 1.165) is 5.56 Å². The van der Waals surface area contributed by atoms with E-state index in [1.165, 1.54) is 0 Å². The van der Waals surface area contributed by atoms with Gasteiger partial charge >= 0.3 is 18.1 Å². The van der Waals surface area contributed by atoms with Gasteiger partial charge < -0.3 is 29.7 Å². The maximum Gasteiger partial charge on any atom is 0.490 e. The van der Waals surface area contributed by atoms with Crippen molar-refractivity contribution in [3.63, 3.8) is 0 Å². The Morgan fingerprint density at radius 1 is 1.11 bits per heavy atom. The summed E-state index contributed by atoms with van der Waals surface area (Å²) in [6.45, 7) is 6.08. The topological polar surface area (TPSA) is 140 Å². The fourth-order valence-electron chi connectivity index (χ4n) is 3.17. The van der Waals surface area contributed by atoms with Crippen molar-refractivity contribution in [2.24, 2.45) is 5.73 Å². The van der Waals surface area contributed by atoms with Crippen molar-refractivity contribution in [3.8, 4) is 11.5 Å². The molecule has 12 heteroatoms. The van der Waals surface area contributed by atoms with Crippen molar-refractivity contribution in [1.82, 2.24) is 5.32 Å². The smallest absolute Gasteiger partial charge is 0.490 e. The predicted molar refractivity (Wildman–Crippen MR) is 123 cm³/mol. The lowest BCUT2D eigenvalue weighted by Gasteiger charge is -2.36. The minimum atomic E-state index is -5.08. The van der Waals surface area contributed by atoms with Gasteiger partial charge in [-0.05, 0) is 50.1 Å². The lowest BCUT2D eigenvalue weighted by Crippen LogP contribution is -2.53. The Kier molecular flexibility index (Phi) is 9.31. The second kappa shape index (κ2) is 11.8. The largest absolute Gasteiger partial charge is 0.490 e. The second-order valence-corrected chi connectivity index (χ2v) is 7.75. The molecular weight excluding hydrogens is 485 g/mol. The lowest BCUT2D eigenvalue weighted by atomic mass is 9.99. The van der Waals surface area contributed by atoms with Crippen molar-refractivity contribution >= 4 is 18.0 Å². The number of benzene rings is 2. The molecule has 2 unspecified atom stereocenters. The number of rotatable bonds is 8. The van der Waals surface area contributed by atoms with Crippen LogP contribution in [0.1, 0.15) is 43.6 Å². The van der Waals surface area contributed by atoms with E-state index in [4.69, 9.17) is 29.8 Å². The fraction of sp³-hybridized carbons (Fsp3) is 0.333. The molecule has 0 aliphatic carbocycles. The molecule has 2 aromatic carbocycles. The molecule has 1 aliphatic heterocycles. The van der Waals surface area contributed by atoms with Gasteiger partial charge in [-0.25, -0.2) is 9.59 Å².